The molecule has 1 aliphatic rings. The minimum absolute atomic E-state index is 0.270. The van der Waals surface area contributed by atoms with E-state index in [1.165, 1.54) is 6.07 Å². The van der Waals surface area contributed by atoms with Gasteiger partial charge in [0.2, 0.25) is 0 Å². The molecule has 1 heterocycles. The summed E-state index contributed by atoms with van der Waals surface area (Å²) in [5, 5.41) is 3.20. The summed E-state index contributed by atoms with van der Waals surface area (Å²) in [5.41, 5.74) is 0.855. The van der Waals surface area contributed by atoms with Crippen LogP contribution in [0.4, 0.5) is 8.78 Å². The topological polar surface area (TPSA) is 12.0 Å². The van der Waals surface area contributed by atoms with Crippen LogP contribution in [0.1, 0.15) is 17.9 Å². The van der Waals surface area contributed by atoms with Crippen molar-refractivity contribution in [2.45, 2.75) is 12.3 Å². The molecule has 1 aromatic carbocycles. The minimum Gasteiger partial charge on any atom is -0.316 e. The Labute approximate surface area is 89.6 Å². The molecule has 4 heteroatoms. The van der Waals surface area contributed by atoms with Gasteiger partial charge in [0.05, 0.1) is 4.47 Å². The second kappa shape index (κ2) is 3.95. The third kappa shape index (κ3) is 1.68. The molecule has 1 atom stereocenters. The summed E-state index contributed by atoms with van der Waals surface area (Å²) in [6.45, 7) is 1.78. The average molecular weight is 262 g/mol. The maximum atomic E-state index is 13.2. The van der Waals surface area contributed by atoms with Gasteiger partial charge in [-0.05, 0) is 46.4 Å². The van der Waals surface area contributed by atoms with Crippen LogP contribution in [-0.4, -0.2) is 13.1 Å². The van der Waals surface area contributed by atoms with Crippen molar-refractivity contribution >= 4 is 15.9 Å². The van der Waals surface area contributed by atoms with Crippen molar-refractivity contribution in [3.8, 4) is 0 Å². The molecule has 1 nitrogen and oxygen atoms in total. The highest BCUT2D eigenvalue weighted by molar-refractivity contribution is 9.10. The molecule has 0 radical (unpaired) electrons. The van der Waals surface area contributed by atoms with Gasteiger partial charge < -0.3 is 5.32 Å². The molecule has 0 saturated carbocycles. The Hall–Kier alpha value is -0.480. The molecule has 76 valence electrons. The van der Waals surface area contributed by atoms with E-state index in [-0.39, 0.29) is 4.47 Å². The maximum absolute atomic E-state index is 13.2. The van der Waals surface area contributed by atoms with Gasteiger partial charge in [-0.15, -0.1) is 0 Å². The summed E-state index contributed by atoms with van der Waals surface area (Å²) < 4.78 is 26.3. The maximum Gasteiger partial charge on any atom is 0.173 e. The van der Waals surface area contributed by atoms with Crippen LogP contribution in [0.2, 0.25) is 0 Å². The van der Waals surface area contributed by atoms with Crippen LogP contribution < -0.4 is 5.32 Å². The normalized spacial score (nSPS) is 21.5. The lowest BCUT2D eigenvalue weighted by Crippen LogP contribution is -2.08. The summed E-state index contributed by atoms with van der Waals surface area (Å²) in [4.78, 5) is 0. The molecule has 1 fully saturated rings. The third-order valence-corrected chi connectivity index (χ3v) is 3.37. The van der Waals surface area contributed by atoms with Crippen LogP contribution in [0, 0.1) is 11.6 Å². The number of rotatable bonds is 1. The van der Waals surface area contributed by atoms with Gasteiger partial charge in [0.25, 0.3) is 0 Å². The second-order valence-corrected chi connectivity index (χ2v) is 4.25. The molecule has 2 rings (SSSR count). The smallest absolute Gasteiger partial charge is 0.173 e. The minimum atomic E-state index is -0.799. The van der Waals surface area contributed by atoms with E-state index in [1.54, 1.807) is 6.07 Å². The molecule has 14 heavy (non-hydrogen) atoms. The van der Waals surface area contributed by atoms with Gasteiger partial charge >= 0.3 is 0 Å². The van der Waals surface area contributed by atoms with E-state index in [9.17, 15) is 8.78 Å². The molecule has 1 saturated heterocycles. The van der Waals surface area contributed by atoms with E-state index >= 15 is 0 Å². The molecular formula is C10H10BrF2N. The average Bonchev–Trinajstić information content (AvgIpc) is 2.67. The highest BCUT2D eigenvalue weighted by Crippen LogP contribution is 2.31. The highest BCUT2D eigenvalue weighted by Gasteiger charge is 2.21. The summed E-state index contributed by atoms with van der Waals surface area (Å²) in [6, 6.07) is 2.84. The summed E-state index contributed by atoms with van der Waals surface area (Å²) in [5.74, 6) is -1.29. The van der Waals surface area contributed by atoms with Gasteiger partial charge in [-0.3, -0.25) is 0 Å². The van der Waals surface area contributed by atoms with Crippen LogP contribution in [0.3, 0.4) is 0 Å². The van der Waals surface area contributed by atoms with Crippen LogP contribution >= 0.6 is 15.9 Å². The van der Waals surface area contributed by atoms with E-state index in [4.69, 9.17) is 0 Å². The number of benzene rings is 1. The first kappa shape index (κ1) is 10.1. The van der Waals surface area contributed by atoms with E-state index in [0.717, 1.165) is 25.1 Å². The largest absolute Gasteiger partial charge is 0.316 e. The van der Waals surface area contributed by atoms with Crippen molar-refractivity contribution < 1.29 is 8.78 Å². The number of halogens is 3. The lowest BCUT2D eigenvalue weighted by molar-refractivity contribution is 0.500. The Morgan fingerprint density at radius 3 is 2.79 bits per heavy atom. The van der Waals surface area contributed by atoms with Gasteiger partial charge in [0.15, 0.2) is 11.6 Å². The molecule has 0 bridgehead atoms. The lowest BCUT2D eigenvalue weighted by Gasteiger charge is -2.11. The molecular weight excluding hydrogens is 252 g/mol. The molecule has 1 unspecified atom stereocenters. The molecule has 1 N–H and O–H groups in total. The lowest BCUT2D eigenvalue weighted by atomic mass is 9.98. The zero-order valence-electron chi connectivity index (χ0n) is 7.49. The van der Waals surface area contributed by atoms with Gasteiger partial charge in [0.1, 0.15) is 0 Å². The molecule has 0 amide bonds. The summed E-state index contributed by atoms with van der Waals surface area (Å²) in [7, 11) is 0. The fraction of sp³-hybridized carbons (Fsp3) is 0.400. The van der Waals surface area contributed by atoms with Crippen LogP contribution in [0.15, 0.2) is 16.6 Å². The number of nitrogens with one attached hydrogen (secondary N) is 1. The van der Waals surface area contributed by atoms with Crippen LogP contribution in [0.25, 0.3) is 0 Å². The molecule has 0 aromatic heterocycles. The van der Waals surface area contributed by atoms with Crippen molar-refractivity contribution in [3.63, 3.8) is 0 Å². The van der Waals surface area contributed by atoms with Gasteiger partial charge in [-0.25, -0.2) is 8.78 Å². The van der Waals surface area contributed by atoms with E-state index in [0.29, 0.717) is 5.92 Å². The fourth-order valence-electron chi connectivity index (χ4n) is 1.78. The first-order chi connectivity index (χ1) is 6.70. The predicted octanol–water partition coefficient (Wildman–Crippen LogP) is 2.80. The number of hydrogen-bond donors (Lipinski definition) is 1. The first-order valence-corrected chi connectivity index (χ1v) is 5.33. The van der Waals surface area contributed by atoms with Crippen LogP contribution in [0.5, 0.6) is 0 Å². The third-order valence-electron chi connectivity index (χ3n) is 2.57. The molecule has 1 aromatic rings. The quantitative estimate of drug-likeness (QED) is 0.767. The Balaban J connectivity index is 2.38. The predicted molar refractivity (Wildman–Crippen MR) is 54.3 cm³/mol. The van der Waals surface area contributed by atoms with E-state index in [2.05, 4.69) is 21.2 Å². The Kier molecular flexibility index (Phi) is 2.83. The monoisotopic (exact) mass is 261 g/mol. The second-order valence-electron chi connectivity index (χ2n) is 3.45. The van der Waals surface area contributed by atoms with Crippen molar-refractivity contribution in [1.82, 2.24) is 5.32 Å². The van der Waals surface area contributed by atoms with Crippen molar-refractivity contribution in [3.05, 3.63) is 33.8 Å². The van der Waals surface area contributed by atoms with E-state index < -0.39 is 11.6 Å². The van der Waals surface area contributed by atoms with E-state index in [1.807, 2.05) is 0 Å². The zero-order chi connectivity index (χ0) is 10.1. The Morgan fingerprint density at radius 1 is 1.36 bits per heavy atom. The molecule has 0 spiro atoms. The highest BCUT2D eigenvalue weighted by atomic mass is 79.9. The van der Waals surface area contributed by atoms with Crippen LogP contribution in [-0.2, 0) is 0 Å². The van der Waals surface area contributed by atoms with Gasteiger partial charge in [-0.2, -0.15) is 0 Å². The Bertz CT molecular complexity index is 348. The van der Waals surface area contributed by atoms with Gasteiger partial charge in [-0.1, -0.05) is 6.07 Å². The van der Waals surface area contributed by atoms with Crippen molar-refractivity contribution in [1.29, 1.82) is 0 Å². The first-order valence-electron chi connectivity index (χ1n) is 4.54. The number of hydrogen-bond acceptors (Lipinski definition) is 1. The molecule has 0 aliphatic carbocycles. The Morgan fingerprint density at radius 2 is 2.14 bits per heavy atom. The SMILES string of the molecule is Fc1ccc(C2CCNC2)c(Br)c1F. The standard InChI is InChI=1S/C10H10BrF2N/c11-9-7(6-3-4-14-5-6)1-2-8(12)10(9)13/h1-2,6,14H,3-5H2. The van der Waals surface area contributed by atoms with Gasteiger partial charge in [0, 0.05) is 6.54 Å². The zero-order valence-corrected chi connectivity index (χ0v) is 9.07. The molecule has 1 aliphatic heterocycles. The van der Waals surface area contributed by atoms with Crippen molar-refractivity contribution in [2.75, 3.05) is 13.1 Å². The summed E-state index contributed by atoms with van der Waals surface area (Å²) >= 11 is 3.10. The van der Waals surface area contributed by atoms with Crippen molar-refractivity contribution in [2.24, 2.45) is 0 Å². The fourth-order valence-corrected chi connectivity index (χ4v) is 2.42. The summed E-state index contributed by atoms with van der Waals surface area (Å²) in [6.07, 6.45) is 0.976.